The second-order valence-corrected chi connectivity index (χ2v) is 3.02. The fourth-order valence-electron chi connectivity index (χ4n) is 1.11. The van der Waals surface area contributed by atoms with Gasteiger partial charge >= 0.3 is 11.9 Å². The average molecular weight is 198 g/mol. The van der Waals surface area contributed by atoms with Crippen molar-refractivity contribution in [3.63, 3.8) is 0 Å². The van der Waals surface area contributed by atoms with E-state index in [9.17, 15) is 9.59 Å². The Morgan fingerprint density at radius 3 is 2.07 bits per heavy atom. The molecular formula is C10H14O4. The molecule has 2 N–H and O–H groups in total. The van der Waals surface area contributed by atoms with Gasteiger partial charge in [0.05, 0.1) is 12.8 Å². The Balaban J connectivity index is 4.64. The van der Waals surface area contributed by atoms with Crippen LogP contribution in [0.2, 0.25) is 0 Å². The zero-order valence-corrected chi connectivity index (χ0v) is 8.12. The Morgan fingerprint density at radius 2 is 1.71 bits per heavy atom. The van der Waals surface area contributed by atoms with Gasteiger partial charge in [-0.15, -0.1) is 6.58 Å². The Labute approximate surface area is 82.6 Å². The summed E-state index contributed by atoms with van der Waals surface area (Å²) in [6.07, 6.45) is 1.76. The zero-order chi connectivity index (χ0) is 11.1. The molecule has 0 heterocycles. The van der Waals surface area contributed by atoms with Gasteiger partial charge in [0.1, 0.15) is 0 Å². The molecule has 0 saturated carbocycles. The summed E-state index contributed by atoms with van der Waals surface area (Å²) in [5.74, 6) is -1.90. The van der Waals surface area contributed by atoms with Gasteiger partial charge in [0.25, 0.3) is 0 Å². The highest BCUT2D eigenvalue weighted by Crippen LogP contribution is 2.16. The van der Waals surface area contributed by atoms with Crippen molar-refractivity contribution in [2.24, 2.45) is 0 Å². The molecule has 0 spiro atoms. The van der Waals surface area contributed by atoms with Gasteiger partial charge in [-0.1, -0.05) is 17.2 Å². The van der Waals surface area contributed by atoms with Crippen LogP contribution in [0, 0.1) is 0 Å². The first-order valence-electron chi connectivity index (χ1n) is 4.19. The van der Waals surface area contributed by atoms with Crippen LogP contribution in [0.1, 0.15) is 26.2 Å². The molecule has 0 aliphatic heterocycles. The van der Waals surface area contributed by atoms with Crippen LogP contribution in [0.5, 0.6) is 0 Å². The third-order valence-corrected chi connectivity index (χ3v) is 1.78. The molecule has 78 valence electrons. The van der Waals surface area contributed by atoms with E-state index in [1.807, 2.05) is 0 Å². The van der Waals surface area contributed by atoms with Crippen LogP contribution in [0.3, 0.4) is 0 Å². The molecule has 0 unspecified atom stereocenters. The van der Waals surface area contributed by atoms with Crippen LogP contribution in [0.25, 0.3) is 0 Å². The molecule has 0 aromatic carbocycles. The third-order valence-electron chi connectivity index (χ3n) is 1.78. The number of allylic oxidation sites excluding steroid dienone is 1. The minimum atomic E-state index is -0.952. The lowest BCUT2D eigenvalue weighted by Crippen LogP contribution is -2.02. The van der Waals surface area contributed by atoms with E-state index in [-0.39, 0.29) is 12.8 Å². The van der Waals surface area contributed by atoms with Crippen molar-refractivity contribution in [3.8, 4) is 0 Å². The first-order valence-corrected chi connectivity index (χ1v) is 4.19. The molecule has 0 saturated heterocycles. The first-order chi connectivity index (χ1) is 6.47. The summed E-state index contributed by atoms with van der Waals surface area (Å²) in [5, 5.41) is 17.1. The van der Waals surface area contributed by atoms with E-state index in [1.165, 1.54) is 0 Å². The van der Waals surface area contributed by atoms with Crippen molar-refractivity contribution in [2.45, 2.75) is 26.2 Å². The molecule has 0 rings (SSSR count). The molecule has 0 fully saturated rings. The summed E-state index contributed by atoms with van der Waals surface area (Å²) in [6.45, 7) is 5.13. The Kier molecular flexibility index (Phi) is 5.29. The molecule has 0 bridgehead atoms. The van der Waals surface area contributed by atoms with Crippen LogP contribution < -0.4 is 0 Å². The molecule has 4 nitrogen and oxygen atoms in total. The van der Waals surface area contributed by atoms with Gasteiger partial charge in [0, 0.05) is 0 Å². The van der Waals surface area contributed by atoms with Crippen LogP contribution in [-0.2, 0) is 9.59 Å². The molecule has 0 aromatic heterocycles. The molecule has 0 radical (unpaired) electrons. The third kappa shape index (κ3) is 5.13. The van der Waals surface area contributed by atoms with Gasteiger partial charge in [-0.25, -0.2) is 0 Å². The number of carboxylic acids is 2. The van der Waals surface area contributed by atoms with Crippen LogP contribution in [-0.4, -0.2) is 22.2 Å². The average Bonchev–Trinajstić information content (AvgIpc) is 2.01. The molecular weight excluding hydrogens is 184 g/mol. The van der Waals surface area contributed by atoms with Gasteiger partial charge in [-0.05, 0) is 13.3 Å². The highest BCUT2D eigenvalue weighted by atomic mass is 16.4. The molecule has 0 atom stereocenters. The van der Waals surface area contributed by atoms with Gasteiger partial charge in [0.15, 0.2) is 0 Å². The van der Waals surface area contributed by atoms with E-state index >= 15 is 0 Å². The quantitative estimate of drug-likeness (QED) is 0.638. The smallest absolute Gasteiger partial charge is 0.307 e. The molecule has 14 heavy (non-hydrogen) atoms. The monoisotopic (exact) mass is 198 g/mol. The van der Waals surface area contributed by atoms with Gasteiger partial charge in [-0.2, -0.15) is 0 Å². The Morgan fingerprint density at radius 1 is 1.21 bits per heavy atom. The number of hydrogen-bond acceptors (Lipinski definition) is 2. The topological polar surface area (TPSA) is 74.6 Å². The van der Waals surface area contributed by atoms with E-state index in [2.05, 4.69) is 6.58 Å². The zero-order valence-electron chi connectivity index (χ0n) is 8.12. The SMILES string of the molecule is C=CC/C(CC(=O)O)=C(/C)CC(=O)O. The van der Waals surface area contributed by atoms with Crippen molar-refractivity contribution in [2.75, 3.05) is 0 Å². The molecule has 0 amide bonds. The summed E-state index contributed by atoms with van der Waals surface area (Å²) in [7, 11) is 0. The largest absolute Gasteiger partial charge is 0.481 e. The maximum absolute atomic E-state index is 10.5. The first kappa shape index (κ1) is 12.4. The van der Waals surface area contributed by atoms with Crippen LogP contribution in [0.15, 0.2) is 23.8 Å². The predicted molar refractivity (Wildman–Crippen MR) is 52.0 cm³/mol. The predicted octanol–water partition coefficient (Wildman–Crippen LogP) is 1.83. The fourth-order valence-corrected chi connectivity index (χ4v) is 1.11. The number of aliphatic carboxylic acids is 2. The molecule has 4 heteroatoms. The van der Waals surface area contributed by atoms with E-state index in [0.29, 0.717) is 17.6 Å². The van der Waals surface area contributed by atoms with E-state index in [4.69, 9.17) is 10.2 Å². The lowest BCUT2D eigenvalue weighted by Gasteiger charge is -2.06. The molecule has 0 aliphatic rings. The van der Waals surface area contributed by atoms with E-state index in [1.54, 1.807) is 13.0 Å². The maximum Gasteiger partial charge on any atom is 0.307 e. The van der Waals surface area contributed by atoms with Gasteiger partial charge < -0.3 is 10.2 Å². The number of carboxylic acid groups (broad SMARTS) is 2. The van der Waals surface area contributed by atoms with E-state index in [0.717, 1.165) is 0 Å². The highest BCUT2D eigenvalue weighted by Gasteiger charge is 2.08. The van der Waals surface area contributed by atoms with Crippen molar-refractivity contribution in [1.82, 2.24) is 0 Å². The maximum atomic E-state index is 10.5. The number of hydrogen-bond donors (Lipinski definition) is 2. The lowest BCUT2D eigenvalue weighted by atomic mass is 10.0. The summed E-state index contributed by atoms with van der Waals surface area (Å²) in [5.41, 5.74) is 1.22. The second-order valence-electron chi connectivity index (χ2n) is 3.02. The van der Waals surface area contributed by atoms with Crippen molar-refractivity contribution >= 4 is 11.9 Å². The Hall–Kier alpha value is -1.58. The van der Waals surface area contributed by atoms with Crippen molar-refractivity contribution in [3.05, 3.63) is 23.8 Å². The number of rotatable bonds is 6. The van der Waals surface area contributed by atoms with Crippen molar-refractivity contribution < 1.29 is 19.8 Å². The summed E-state index contributed by atoms with van der Waals surface area (Å²) in [4.78, 5) is 20.9. The van der Waals surface area contributed by atoms with Gasteiger partial charge in [0.2, 0.25) is 0 Å². The normalized spacial score (nSPS) is 11.8. The molecule has 0 aliphatic carbocycles. The van der Waals surface area contributed by atoms with Crippen LogP contribution in [0.4, 0.5) is 0 Å². The van der Waals surface area contributed by atoms with Gasteiger partial charge in [-0.3, -0.25) is 9.59 Å². The Bertz CT molecular complexity index is 276. The summed E-state index contributed by atoms with van der Waals surface area (Å²) >= 11 is 0. The minimum Gasteiger partial charge on any atom is -0.481 e. The molecule has 0 aromatic rings. The lowest BCUT2D eigenvalue weighted by molar-refractivity contribution is -0.137. The summed E-state index contributed by atoms with van der Waals surface area (Å²) < 4.78 is 0. The van der Waals surface area contributed by atoms with Crippen molar-refractivity contribution in [1.29, 1.82) is 0 Å². The summed E-state index contributed by atoms with van der Waals surface area (Å²) in [6, 6.07) is 0. The standard InChI is InChI=1S/C10H14O4/c1-3-4-8(6-10(13)14)7(2)5-9(11)12/h3H,1,4-6H2,2H3,(H,11,12)(H,13,14)/b8-7+. The fraction of sp³-hybridized carbons (Fsp3) is 0.400. The van der Waals surface area contributed by atoms with E-state index < -0.39 is 11.9 Å². The number of carbonyl (C=O) groups is 2. The highest BCUT2D eigenvalue weighted by molar-refractivity contribution is 5.73. The minimum absolute atomic E-state index is 0.115. The second kappa shape index (κ2) is 5.96. The van der Waals surface area contributed by atoms with Crippen LogP contribution >= 0.6 is 0 Å².